The number of ether oxygens (including phenoxy) is 1. The molecule has 0 saturated heterocycles. The maximum absolute atomic E-state index is 12.9. The minimum atomic E-state index is -1.86. The Kier molecular flexibility index (Phi) is 7.64. The highest BCUT2D eigenvalue weighted by atomic mass is 35.5. The van der Waals surface area contributed by atoms with Crippen LogP contribution < -0.4 is 10.1 Å². The van der Waals surface area contributed by atoms with Crippen molar-refractivity contribution in [1.82, 2.24) is 14.9 Å². The number of para-hydroxylation sites is 1. The van der Waals surface area contributed by atoms with Gasteiger partial charge in [-0.05, 0) is 54.0 Å². The van der Waals surface area contributed by atoms with Crippen LogP contribution in [0.25, 0.3) is 0 Å². The summed E-state index contributed by atoms with van der Waals surface area (Å²) < 4.78 is 11.9. The number of amides is 1. The molecule has 0 aliphatic carbocycles. The molecular weight excluding hydrogens is 504 g/mol. The number of rotatable bonds is 8. The van der Waals surface area contributed by atoms with Crippen molar-refractivity contribution in [2.24, 2.45) is 0 Å². The van der Waals surface area contributed by atoms with Gasteiger partial charge in [-0.3, -0.25) is 14.8 Å². The number of hydrogen-bond donors (Lipinski definition) is 1. The van der Waals surface area contributed by atoms with E-state index in [0.717, 1.165) is 22.6 Å². The molecule has 0 spiro atoms. The Morgan fingerprint density at radius 2 is 1.89 bits per heavy atom. The highest BCUT2D eigenvalue weighted by Gasteiger charge is 2.37. The predicted octanol–water partition coefficient (Wildman–Crippen LogP) is 6.58. The second kappa shape index (κ2) is 10.4. The summed E-state index contributed by atoms with van der Waals surface area (Å²) in [7, 11) is 1.49. The van der Waals surface area contributed by atoms with Crippen molar-refractivity contribution in [3.05, 3.63) is 75.8 Å². The first-order chi connectivity index (χ1) is 17.4. The molecule has 37 heavy (non-hydrogen) atoms. The van der Waals surface area contributed by atoms with Crippen molar-refractivity contribution in [3.8, 4) is 5.75 Å². The molecule has 1 N–H and O–H groups in total. The Morgan fingerprint density at radius 3 is 2.59 bits per heavy atom. The lowest BCUT2D eigenvalue weighted by Crippen LogP contribution is -2.40. The van der Waals surface area contributed by atoms with Crippen molar-refractivity contribution in [2.75, 3.05) is 19.5 Å². The predicted molar refractivity (Wildman–Crippen MR) is 150 cm³/mol. The van der Waals surface area contributed by atoms with Crippen molar-refractivity contribution >= 4 is 37.2 Å². The number of carbonyl (C=O) groups excluding carboxylic acids is 1. The van der Waals surface area contributed by atoms with Gasteiger partial charge in [0.15, 0.2) is 14.1 Å². The van der Waals surface area contributed by atoms with Crippen LogP contribution in [0, 0.1) is 0 Å². The first kappa shape index (κ1) is 27.1. The number of carbonyl (C=O) groups is 1. The summed E-state index contributed by atoms with van der Waals surface area (Å²) >= 11 is 6.33. The lowest BCUT2D eigenvalue weighted by molar-refractivity contribution is 0.0817. The van der Waals surface area contributed by atoms with Crippen molar-refractivity contribution in [3.63, 3.8) is 0 Å². The molecule has 0 unspecified atom stereocenters. The Morgan fingerprint density at radius 1 is 1.14 bits per heavy atom. The standard InChI is InChI=1S/C28H35ClN4O3Si/c1-28(2,3)37(6,7)36-17-18-11-12-30-19(13-18)14-20-15-23(25-24(31-20)16-33(4)27(25)34)32-22-10-8-9-21(29)26(22)35-5/h8-13,15H,14,16-17H2,1-7H3,(H,31,32). The fourth-order valence-corrected chi connectivity index (χ4v) is 5.24. The fraction of sp³-hybridized carbons (Fsp3) is 0.393. The number of methoxy groups -OCH3 is 1. The van der Waals surface area contributed by atoms with Crippen molar-refractivity contribution in [2.45, 2.75) is 58.5 Å². The average molecular weight is 539 g/mol. The molecule has 1 aliphatic rings. The van der Waals surface area contributed by atoms with Crippen LogP contribution in [0.15, 0.2) is 42.6 Å². The van der Waals surface area contributed by atoms with Crippen molar-refractivity contribution < 1.29 is 14.0 Å². The van der Waals surface area contributed by atoms with Gasteiger partial charge in [0.1, 0.15) is 0 Å². The molecule has 9 heteroatoms. The molecule has 1 aliphatic heterocycles. The highest BCUT2D eigenvalue weighted by Crippen LogP contribution is 2.38. The van der Waals surface area contributed by atoms with Crippen LogP contribution in [-0.4, -0.2) is 43.2 Å². The summed E-state index contributed by atoms with van der Waals surface area (Å²) in [6.07, 6.45) is 2.35. The van der Waals surface area contributed by atoms with Gasteiger partial charge in [-0.1, -0.05) is 38.4 Å². The smallest absolute Gasteiger partial charge is 0.257 e. The van der Waals surface area contributed by atoms with Gasteiger partial charge < -0.3 is 19.4 Å². The number of anilines is 2. The molecule has 3 heterocycles. The second-order valence-corrected chi connectivity index (χ2v) is 16.2. The van der Waals surface area contributed by atoms with Gasteiger partial charge in [-0.25, -0.2) is 0 Å². The van der Waals surface area contributed by atoms with Crippen LogP contribution in [0.4, 0.5) is 11.4 Å². The summed E-state index contributed by atoms with van der Waals surface area (Å²) in [6, 6.07) is 11.5. The average Bonchev–Trinajstić information content (AvgIpc) is 3.11. The summed E-state index contributed by atoms with van der Waals surface area (Å²) in [4.78, 5) is 24.0. The molecule has 0 fully saturated rings. The molecule has 2 aromatic heterocycles. The molecule has 0 bridgehead atoms. The normalized spacial score (nSPS) is 13.6. The van der Waals surface area contributed by atoms with Crippen LogP contribution in [-0.2, 0) is 24.0 Å². The minimum Gasteiger partial charge on any atom is -0.493 e. The van der Waals surface area contributed by atoms with E-state index in [-0.39, 0.29) is 10.9 Å². The molecule has 196 valence electrons. The molecule has 7 nitrogen and oxygen atoms in total. The van der Waals surface area contributed by atoms with Crippen LogP contribution in [0.1, 0.15) is 53.8 Å². The van der Waals surface area contributed by atoms with E-state index in [1.54, 1.807) is 25.1 Å². The number of aromatic nitrogens is 2. The van der Waals surface area contributed by atoms with Gasteiger partial charge in [0.25, 0.3) is 5.91 Å². The largest absolute Gasteiger partial charge is 0.493 e. The Labute approximate surface area is 225 Å². The van der Waals surface area contributed by atoms with Gasteiger partial charge in [-0.2, -0.15) is 0 Å². The van der Waals surface area contributed by atoms with Crippen molar-refractivity contribution in [1.29, 1.82) is 0 Å². The Hall–Kier alpha value is -2.94. The fourth-order valence-electron chi connectivity index (χ4n) is 4.03. The molecule has 1 aromatic carbocycles. The third-order valence-electron chi connectivity index (χ3n) is 7.18. The minimum absolute atomic E-state index is 0.0690. The third kappa shape index (κ3) is 5.81. The molecule has 3 aromatic rings. The summed E-state index contributed by atoms with van der Waals surface area (Å²) in [5.41, 5.74) is 5.47. The maximum atomic E-state index is 12.9. The quantitative estimate of drug-likeness (QED) is 0.326. The first-order valence-electron chi connectivity index (χ1n) is 12.3. The van der Waals surface area contributed by atoms with E-state index in [1.165, 1.54) is 0 Å². The Bertz CT molecular complexity index is 1320. The zero-order valence-corrected chi connectivity index (χ0v) is 24.4. The van der Waals surface area contributed by atoms with Gasteiger partial charge in [-0.15, -0.1) is 0 Å². The van der Waals surface area contributed by atoms with Gasteiger partial charge in [0, 0.05) is 31.1 Å². The first-order valence-corrected chi connectivity index (χ1v) is 15.6. The van der Waals surface area contributed by atoms with Crippen LogP contribution in [0.3, 0.4) is 0 Å². The van der Waals surface area contributed by atoms with E-state index < -0.39 is 8.32 Å². The van der Waals surface area contributed by atoms with Crippen LogP contribution in [0.2, 0.25) is 23.2 Å². The molecule has 1 amide bonds. The number of hydrogen-bond acceptors (Lipinski definition) is 6. The van der Waals surface area contributed by atoms with Crippen LogP contribution in [0.5, 0.6) is 5.75 Å². The summed E-state index contributed by atoms with van der Waals surface area (Å²) in [5, 5.41) is 4.01. The number of nitrogens with one attached hydrogen (secondary N) is 1. The summed E-state index contributed by atoms with van der Waals surface area (Å²) in [5.74, 6) is 0.451. The number of halogens is 1. The van der Waals surface area contributed by atoms with E-state index in [2.05, 4.69) is 50.2 Å². The molecule has 0 radical (unpaired) electrons. The van der Waals surface area contributed by atoms with Gasteiger partial charge in [0.2, 0.25) is 0 Å². The van der Waals surface area contributed by atoms with E-state index in [0.29, 0.717) is 47.3 Å². The number of pyridine rings is 2. The number of fused-ring (bicyclic) bond motifs is 1. The Balaban J connectivity index is 1.62. The zero-order chi connectivity index (χ0) is 27.0. The summed E-state index contributed by atoms with van der Waals surface area (Å²) in [6.45, 7) is 12.2. The topological polar surface area (TPSA) is 76.6 Å². The third-order valence-corrected chi connectivity index (χ3v) is 12.0. The maximum Gasteiger partial charge on any atom is 0.257 e. The van der Waals surface area contributed by atoms with Crippen LogP contribution >= 0.6 is 11.6 Å². The zero-order valence-electron chi connectivity index (χ0n) is 22.6. The lowest BCUT2D eigenvalue weighted by atomic mass is 10.1. The highest BCUT2D eigenvalue weighted by molar-refractivity contribution is 6.74. The monoisotopic (exact) mass is 538 g/mol. The molecule has 0 saturated carbocycles. The molecule has 0 atom stereocenters. The van der Waals surface area contributed by atoms with E-state index in [9.17, 15) is 4.79 Å². The van der Waals surface area contributed by atoms with Gasteiger partial charge in [0.05, 0.1) is 47.9 Å². The molecule has 4 rings (SSSR count). The van der Waals surface area contributed by atoms with E-state index >= 15 is 0 Å². The van der Waals surface area contributed by atoms with Gasteiger partial charge >= 0.3 is 0 Å². The lowest BCUT2D eigenvalue weighted by Gasteiger charge is -2.36. The SMILES string of the molecule is COc1c(Cl)cccc1Nc1cc(Cc2cc(CO[Si](C)(C)C(C)(C)C)ccn2)nc2c1C(=O)N(C)C2. The molecular formula is C28H35ClN4O3Si. The van der Waals surface area contributed by atoms with E-state index in [1.807, 2.05) is 30.5 Å². The van der Waals surface area contributed by atoms with E-state index in [4.69, 9.17) is 25.7 Å². The second-order valence-electron chi connectivity index (χ2n) is 11.0. The number of nitrogens with zero attached hydrogens (tertiary/aromatic N) is 3. The number of benzene rings is 1.